The number of aryl methyl sites for hydroxylation is 1. The maximum Gasteiger partial charge on any atom is 0.475 e. The highest BCUT2D eigenvalue weighted by molar-refractivity contribution is 7.48. The molecule has 28 heteroatoms. The van der Waals surface area contributed by atoms with Crippen molar-refractivity contribution in [1.29, 1.82) is 5.26 Å². The zero-order chi connectivity index (χ0) is 72.9. The fraction of sp³-hybridized carbons (Fsp3) is 0.329. The summed E-state index contributed by atoms with van der Waals surface area (Å²) >= 11 is 0. The number of imidazole rings is 1. The van der Waals surface area contributed by atoms with Gasteiger partial charge in [0.1, 0.15) is 72.7 Å². The molecular weight excluding hydrogens is 1360 g/mol. The van der Waals surface area contributed by atoms with Gasteiger partial charge in [-0.2, -0.15) is 5.26 Å². The highest BCUT2D eigenvalue weighted by atomic mass is 31.2. The molecule has 1 aliphatic carbocycles. The van der Waals surface area contributed by atoms with Gasteiger partial charge in [-0.15, -0.1) is 0 Å². The third-order valence-electron chi connectivity index (χ3n) is 18.3. The first-order valence-electron chi connectivity index (χ1n) is 33.9. The molecule has 0 spiro atoms. The van der Waals surface area contributed by atoms with Crippen molar-refractivity contribution in [3.63, 3.8) is 0 Å². The number of carbonyl (C=O) groups excluding carboxylic acids is 5. The van der Waals surface area contributed by atoms with E-state index in [2.05, 4.69) is 54.8 Å². The van der Waals surface area contributed by atoms with Gasteiger partial charge in [-0.05, 0) is 101 Å². The van der Waals surface area contributed by atoms with Crippen LogP contribution in [0.25, 0.3) is 22.3 Å². The summed E-state index contributed by atoms with van der Waals surface area (Å²) in [5, 5.41) is 15.4. The Morgan fingerprint density at radius 2 is 1.32 bits per heavy atom. The molecule has 0 saturated carbocycles. The molecule has 3 aromatic heterocycles. The van der Waals surface area contributed by atoms with Crippen LogP contribution in [0.3, 0.4) is 0 Å². The zero-order valence-corrected chi connectivity index (χ0v) is 58.3. The summed E-state index contributed by atoms with van der Waals surface area (Å²) in [5.41, 5.74) is 5.22. The highest BCUT2D eigenvalue weighted by Crippen LogP contribution is 2.55. The molecule has 538 valence electrons. The van der Waals surface area contributed by atoms with E-state index < -0.39 is 86.6 Å². The lowest BCUT2D eigenvalue weighted by molar-refractivity contribution is -0.154. The number of anilines is 1. The Bertz CT molecular complexity index is 4700. The third kappa shape index (κ3) is 16.8. The van der Waals surface area contributed by atoms with Crippen molar-refractivity contribution in [1.82, 2.24) is 34.4 Å². The first-order valence-corrected chi connectivity index (χ1v) is 35.3. The summed E-state index contributed by atoms with van der Waals surface area (Å²) in [5.74, 6) is -1.05. The Labute approximate surface area is 597 Å². The maximum absolute atomic E-state index is 15.5. The van der Waals surface area contributed by atoms with E-state index in [-0.39, 0.29) is 116 Å². The SMILES string of the molecule is COc1ccc(C(OC[C@H]2O[C@@H](n3cnc4c(NC(=O)c5ccc(CNC(=O)CCCC(=O)OCC6c7ccccc7-c7ccccc76)cc5)ncnc43)C[C@H]2OP(=O)(OCCC#N)OC[C@H]2O[C@@H](n3cc(C)c(=O)[nH]c3=O)C[C@H]2OC(=O)CCC(C)=O)(c2ccccc2)c2ccc(OC)cc2)cc1. The molecule has 2 amide bonds. The van der Waals surface area contributed by atoms with Crippen LogP contribution in [0.15, 0.2) is 180 Å². The van der Waals surface area contributed by atoms with Crippen molar-refractivity contribution < 1.29 is 75.3 Å². The molecule has 2 aliphatic heterocycles. The molecule has 1 unspecified atom stereocenters. The number of amides is 2. The third-order valence-corrected chi connectivity index (χ3v) is 19.8. The minimum absolute atomic E-state index is 0.0500. The van der Waals surface area contributed by atoms with Crippen LogP contribution in [0.4, 0.5) is 5.82 Å². The van der Waals surface area contributed by atoms with E-state index in [1.165, 1.54) is 32.7 Å². The van der Waals surface area contributed by atoms with E-state index in [0.717, 1.165) is 26.8 Å². The molecule has 7 atom stereocenters. The number of aromatic nitrogens is 6. The zero-order valence-electron chi connectivity index (χ0n) is 57.4. The number of ketones is 1. The average Bonchev–Trinajstić information content (AvgIpc) is 0.888. The van der Waals surface area contributed by atoms with E-state index in [1.807, 2.05) is 84.9 Å². The molecule has 0 radical (unpaired) electrons. The predicted octanol–water partition coefficient (Wildman–Crippen LogP) is 10.4. The van der Waals surface area contributed by atoms with Crippen LogP contribution < -0.4 is 31.4 Å². The van der Waals surface area contributed by atoms with Crippen molar-refractivity contribution in [2.45, 2.75) is 120 Å². The lowest BCUT2D eigenvalue weighted by Gasteiger charge is -2.37. The number of hydrogen-bond acceptors (Lipinski definition) is 22. The number of benzene rings is 6. The number of fused-ring (bicyclic) bond motifs is 4. The van der Waals surface area contributed by atoms with Crippen molar-refractivity contribution in [3.05, 3.63) is 236 Å². The summed E-state index contributed by atoms with van der Waals surface area (Å²) < 4.78 is 80.1. The highest BCUT2D eigenvalue weighted by Gasteiger charge is 2.48. The van der Waals surface area contributed by atoms with Crippen LogP contribution in [0, 0.1) is 18.3 Å². The topological polar surface area (TPSA) is 341 Å². The molecule has 2 saturated heterocycles. The fourth-order valence-electron chi connectivity index (χ4n) is 13.0. The number of phosphoric acid groups is 1. The van der Waals surface area contributed by atoms with Gasteiger partial charge in [0, 0.05) is 61.9 Å². The number of methoxy groups -OCH3 is 2. The first kappa shape index (κ1) is 73.0. The molecule has 2 fully saturated rings. The number of aromatic amines is 1. The second-order valence-corrected chi connectivity index (χ2v) is 26.7. The van der Waals surface area contributed by atoms with Crippen LogP contribution in [-0.2, 0) is 73.1 Å². The Morgan fingerprint density at radius 3 is 1.97 bits per heavy atom. The number of esters is 2. The van der Waals surface area contributed by atoms with Gasteiger partial charge in [0.05, 0.1) is 59.3 Å². The fourth-order valence-corrected chi connectivity index (χ4v) is 14.4. The van der Waals surface area contributed by atoms with Crippen molar-refractivity contribution in [3.8, 4) is 28.7 Å². The van der Waals surface area contributed by atoms with E-state index in [1.54, 1.807) is 67.3 Å². The molecule has 9 aromatic rings. The van der Waals surface area contributed by atoms with Crippen molar-refractivity contribution >= 4 is 54.3 Å². The molecule has 3 N–H and O–H groups in total. The Balaban J connectivity index is 0.766. The molecular formula is C76H76N9O18P. The molecule has 0 bridgehead atoms. The first-order chi connectivity index (χ1) is 50.4. The van der Waals surface area contributed by atoms with Crippen LogP contribution >= 0.6 is 7.82 Å². The summed E-state index contributed by atoms with van der Waals surface area (Å²) in [4.78, 5) is 106. The minimum Gasteiger partial charge on any atom is -0.497 e. The number of Topliss-reactive ketones (excluding diaryl/α,β-unsaturated/α-hetero) is 1. The van der Waals surface area contributed by atoms with Crippen molar-refractivity contribution in [2.75, 3.05) is 46.0 Å². The molecule has 6 aromatic carbocycles. The number of H-pyrrole nitrogens is 1. The van der Waals surface area contributed by atoms with Crippen LogP contribution in [0.1, 0.15) is 126 Å². The molecule has 12 rings (SSSR count). The van der Waals surface area contributed by atoms with Crippen LogP contribution in [-0.4, -0.2) is 124 Å². The van der Waals surface area contributed by atoms with Crippen molar-refractivity contribution in [2.24, 2.45) is 0 Å². The van der Waals surface area contributed by atoms with Gasteiger partial charge >= 0.3 is 25.5 Å². The number of nitrogens with one attached hydrogen (secondary N) is 3. The molecule has 27 nitrogen and oxygen atoms in total. The predicted molar refractivity (Wildman–Crippen MR) is 376 cm³/mol. The minimum atomic E-state index is -4.91. The standard InChI is InChI=1S/C76H76N9O18P/c1-47-41-84(75(92)83-73(47)90)66-38-61(102-69(89)35-22-48(2)86)64(101-66)44-99-104(93,98-37-13-36-77)103-62-39-67(100-63(62)43-97-76(51-14-6-5-7-15-51,52-27-31-54(94-3)32-28-52)53-29-33-55(95-4)34-30-53)85-46-81-70-71(79-45-80-72(70)85)82-74(91)50-25-23-49(24-26-50)40-78-65(87)20-12-21-68(88)96-42-60-58-18-10-8-16-56(58)57-17-9-11-19-59(57)60/h5-11,14-19,23-34,41,45-46,60-64,66-67H,12-13,20-22,35,37-40,42-44H2,1-4H3,(H,78,87)(H,83,90,92)(H,79,80,82,91)/t61-,62-,63-,64-,66-,67-,104?/m1/s1. The van der Waals surface area contributed by atoms with Gasteiger partial charge < -0.3 is 48.6 Å². The van der Waals surface area contributed by atoms with Gasteiger partial charge in [0.15, 0.2) is 17.0 Å². The second-order valence-electron chi connectivity index (χ2n) is 25.1. The summed E-state index contributed by atoms with van der Waals surface area (Å²) in [7, 11) is -1.80. The lowest BCUT2D eigenvalue weighted by atomic mass is 9.80. The second kappa shape index (κ2) is 33.1. The Hall–Kier alpha value is -10.8. The number of hydrogen-bond donors (Lipinski definition) is 3. The number of ether oxygens (including phenoxy) is 7. The quantitative estimate of drug-likeness (QED) is 0.0153. The van der Waals surface area contributed by atoms with Gasteiger partial charge in [-0.3, -0.25) is 51.7 Å². The number of nitrogens with zero attached hydrogens (tertiary/aromatic N) is 6. The number of carbonyl (C=O) groups is 5. The van der Waals surface area contributed by atoms with Crippen LogP contribution in [0.5, 0.6) is 11.5 Å². The van der Waals surface area contributed by atoms with Gasteiger partial charge in [0.25, 0.3) is 11.5 Å². The lowest BCUT2D eigenvalue weighted by Crippen LogP contribution is -2.38. The monoisotopic (exact) mass is 1430 g/mol. The smallest absolute Gasteiger partial charge is 0.475 e. The maximum atomic E-state index is 15.5. The van der Waals surface area contributed by atoms with Gasteiger partial charge in [-0.25, -0.2) is 24.3 Å². The number of rotatable bonds is 32. The number of phosphoric ester groups is 1. The molecule has 104 heavy (non-hydrogen) atoms. The van der Waals surface area contributed by atoms with E-state index in [9.17, 15) is 38.8 Å². The van der Waals surface area contributed by atoms with Crippen LogP contribution in [0.2, 0.25) is 0 Å². The van der Waals surface area contributed by atoms with E-state index in [0.29, 0.717) is 40.2 Å². The summed E-state index contributed by atoms with van der Waals surface area (Å²) in [6, 6.07) is 49.0. The average molecular weight is 1430 g/mol. The normalized spacial score (nSPS) is 18.2. The molecule has 3 aliphatic rings. The summed E-state index contributed by atoms with van der Waals surface area (Å²) in [6.07, 6.45) is -3.48. The Kier molecular flexibility index (Phi) is 23.2. The van der Waals surface area contributed by atoms with E-state index in [4.69, 9.17) is 46.7 Å². The Morgan fingerprint density at radius 1 is 0.692 bits per heavy atom. The largest absolute Gasteiger partial charge is 0.497 e. The number of nitriles is 1. The van der Waals surface area contributed by atoms with Gasteiger partial charge in [0.2, 0.25) is 5.91 Å². The van der Waals surface area contributed by atoms with E-state index >= 15 is 4.57 Å². The molecule has 5 heterocycles. The summed E-state index contributed by atoms with van der Waals surface area (Å²) in [6.45, 7) is 1.79. The van der Waals surface area contributed by atoms with Gasteiger partial charge in [-0.1, -0.05) is 115 Å².